The molecule has 4 aromatic heterocycles. The van der Waals surface area contributed by atoms with E-state index in [1.54, 1.807) is 10.6 Å². The summed E-state index contributed by atoms with van der Waals surface area (Å²) in [7, 11) is -0.925. The zero-order chi connectivity index (χ0) is 26.4. The maximum atomic E-state index is 14.1. The van der Waals surface area contributed by atoms with E-state index in [0.717, 1.165) is 12.3 Å². The van der Waals surface area contributed by atoms with Crippen LogP contribution >= 0.6 is 0 Å². The number of fused-ring (bicyclic) bond motifs is 2. The minimum Gasteiger partial charge on any atom is -0.348 e. The molecular formula is C26H27FN6O4S. The Balaban J connectivity index is 1.25. The molecule has 38 heavy (non-hydrogen) atoms. The third kappa shape index (κ3) is 4.46. The number of carbonyl (C=O) groups is 1. The van der Waals surface area contributed by atoms with Crippen LogP contribution in [-0.4, -0.2) is 51.2 Å². The van der Waals surface area contributed by atoms with Gasteiger partial charge in [-0.05, 0) is 56.7 Å². The average molecular weight is 539 g/mol. The van der Waals surface area contributed by atoms with Gasteiger partial charge in [0.25, 0.3) is 11.5 Å². The van der Waals surface area contributed by atoms with Crippen LogP contribution in [-0.2, 0) is 10.8 Å². The molecule has 1 amide bonds. The van der Waals surface area contributed by atoms with Crippen LogP contribution in [0.3, 0.4) is 0 Å². The zero-order valence-electron chi connectivity index (χ0n) is 20.6. The Morgan fingerprint density at radius 3 is 2.50 bits per heavy atom. The highest BCUT2D eigenvalue weighted by Gasteiger charge is 2.30. The van der Waals surface area contributed by atoms with E-state index < -0.39 is 27.9 Å². The zero-order valence-corrected chi connectivity index (χ0v) is 21.4. The second kappa shape index (κ2) is 9.90. The number of hydrogen-bond acceptors (Lipinski definition) is 6. The van der Waals surface area contributed by atoms with Gasteiger partial charge < -0.3 is 9.72 Å². The molecule has 198 valence electrons. The Labute approximate surface area is 219 Å². The SMILES string of the molecule is O=C(NC1CCC(n2c(=O)c3cc(F)cnc3n(C3CCS(=O)CC3)c2=O)CC1)c1cn2ccccc2n1. The average Bonchev–Trinajstić information content (AvgIpc) is 3.36. The molecule has 1 saturated carbocycles. The van der Waals surface area contributed by atoms with Crippen LogP contribution in [0.1, 0.15) is 61.1 Å². The second-order valence-corrected chi connectivity index (χ2v) is 11.7. The van der Waals surface area contributed by atoms with E-state index in [9.17, 15) is 23.0 Å². The number of rotatable bonds is 4. The summed E-state index contributed by atoms with van der Waals surface area (Å²) in [5.41, 5.74) is 0.170. The van der Waals surface area contributed by atoms with E-state index in [1.807, 2.05) is 24.4 Å². The first-order valence-electron chi connectivity index (χ1n) is 12.8. The number of aromatic nitrogens is 5. The fraction of sp³-hybridized carbons (Fsp3) is 0.423. The molecule has 0 bridgehead atoms. The first-order chi connectivity index (χ1) is 18.4. The molecule has 0 spiro atoms. The van der Waals surface area contributed by atoms with Gasteiger partial charge in [-0.3, -0.25) is 22.9 Å². The highest BCUT2D eigenvalue weighted by molar-refractivity contribution is 7.85. The highest BCUT2D eigenvalue weighted by Crippen LogP contribution is 2.29. The van der Waals surface area contributed by atoms with E-state index in [2.05, 4.69) is 15.3 Å². The van der Waals surface area contributed by atoms with Gasteiger partial charge in [-0.2, -0.15) is 0 Å². The van der Waals surface area contributed by atoms with Crippen LogP contribution in [0, 0.1) is 5.82 Å². The predicted octanol–water partition coefficient (Wildman–Crippen LogP) is 2.34. The number of amides is 1. The molecule has 5 heterocycles. The Morgan fingerprint density at radius 1 is 1.03 bits per heavy atom. The van der Waals surface area contributed by atoms with Crippen LogP contribution in [0.5, 0.6) is 0 Å². The number of hydrogen-bond donors (Lipinski definition) is 1. The number of pyridine rings is 2. The predicted molar refractivity (Wildman–Crippen MR) is 140 cm³/mol. The van der Waals surface area contributed by atoms with Gasteiger partial charge in [-0.25, -0.2) is 19.2 Å². The summed E-state index contributed by atoms with van der Waals surface area (Å²) in [4.78, 5) is 48.4. The van der Waals surface area contributed by atoms with Gasteiger partial charge in [-0.1, -0.05) is 6.07 Å². The van der Waals surface area contributed by atoms with Crippen LogP contribution in [0.2, 0.25) is 0 Å². The third-order valence-electron chi connectivity index (χ3n) is 7.64. The van der Waals surface area contributed by atoms with Crippen molar-refractivity contribution in [3.8, 4) is 0 Å². The first kappa shape index (κ1) is 24.7. The topological polar surface area (TPSA) is 120 Å². The molecule has 1 aliphatic carbocycles. The second-order valence-electron chi connectivity index (χ2n) is 10.0. The number of halogens is 1. The molecule has 1 N–H and O–H groups in total. The molecule has 0 aromatic carbocycles. The summed E-state index contributed by atoms with van der Waals surface area (Å²) in [6, 6.07) is 5.93. The minimum absolute atomic E-state index is 0.0681. The Hall–Kier alpha value is -3.67. The van der Waals surface area contributed by atoms with Crippen molar-refractivity contribution < 1.29 is 13.4 Å². The van der Waals surface area contributed by atoms with Crippen molar-refractivity contribution in [1.82, 2.24) is 28.8 Å². The Morgan fingerprint density at radius 2 is 1.76 bits per heavy atom. The molecule has 12 heteroatoms. The summed E-state index contributed by atoms with van der Waals surface area (Å²) < 4.78 is 30.6. The number of nitrogens with zero attached hydrogens (tertiary/aromatic N) is 5. The van der Waals surface area contributed by atoms with Crippen LogP contribution in [0.15, 0.2) is 52.4 Å². The Bertz CT molecular complexity index is 1640. The van der Waals surface area contributed by atoms with E-state index >= 15 is 0 Å². The quantitative estimate of drug-likeness (QED) is 0.426. The largest absolute Gasteiger partial charge is 0.348 e. The monoisotopic (exact) mass is 538 g/mol. The fourth-order valence-electron chi connectivity index (χ4n) is 5.68. The lowest BCUT2D eigenvalue weighted by Crippen LogP contribution is -2.46. The smallest absolute Gasteiger partial charge is 0.333 e. The molecule has 0 atom stereocenters. The summed E-state index contributed by atoms with van der Waals surface area (Å²) in [6.45, 7) is 0. The minimum atomic E-state index is -0.925. The van der Waals surface area contributed by atoms with Crippen molar-refractivity contribution in [2.75, 3.05) is 11.5 Å². The van der Waals surface area contributed by atoms with Crippen molar-refractivity contribution in [2.24, 2.45) is 0 Å². The highest BCUT2D eigenvalue weighted by atomic mass is 32.2. The lowest BCUT2D eigenvalue weighted by molar-refractivity contribution is 0.0917. The summed E-state index contributed by atoms with van der Waals surface area (Å²) in [6.07, 6.45) is 7.76. The van der Waals surface area contributed by atoms with Gasteiger partial charge in [0.05, 0.1) is 11.6 Å². The van der Waals surface area contributed by atoms with E-state index in [4.69, 9.17) is 0 Å². The van der Waals surface area contributed by atoms with Crippen LogP contribution < -0.4 is 16.6 Å². The Kier molecular flexibility index (Phi) is 6.42. The van der Waals surface area contributed by atoms with Crippen molar-refractivity contribution in [3.05, 3.63) is 75.2 Å². The van der Waals surface area contributed by atoms with Crippen LogP contribution in [0.4, 0.5) is 4.39 Å². The first-order valence-corrected chi connectivity index (χ1v) is 14.3. The van der Waals surface area contributed by atoms with Crippen molar-refractivity contribution in [1.29, 1.82) is 0 Å². The lowest BCUT2D eigenvalue weighted by atomic mass is 9.90. The number of imidazole rings is 1. The summed E-state index contributed by atoms with van der Waals surface area (Å²) in [5.74, 6) is 0.0274. The molecule has 0 unspecified atom stereocenters. The summed E-state index contributed by atoms with van der Waals surface area (Å²) in [5, 5.41) is 3.10. The molecule has 1 aliphatic heterocycles. The molecule has 4 aromatic rings. The number of carbonyl (C=O) groups excluding carboxylic acids is 1. The van der Waals surface area contributed by atoms with Crippen molar-refractivity contribution in [3.63, 3.8) is 0 Å². The van der Waals surface area contributed by atoms with E-state index in [-0.39, 0.29) is 35.1 Å². The fourth-order valence-corrected chi connectivity index (χ4v) is 6.95. The van der Waals surface area contributed by atoms with Gasteiger partial charge in [0.15, 0.2) is 0 Å². The van der Waals surface area contributed by atoms with E-state index in [0.29, 0.717) is 61.4 Å². The molecule has 0 radical (unpaired) electrons. The van der Waals surface area contributed by atoms with Gasteiger partial charge in [0.1, 0.15) is 22.8 Å². The van der Waals surface area contributed by atoms with Gasteiger partial charge in [-0.15, -0.1) is 0 Å². The van der Waals surface area contributed by atoms with Gasteiger partial charge >= 0.3 is 5.69 Å². The maximum Gasteiger partial charge on any atom is 0.333 e. The molecule has 6 rings (SSSR count). The van der Waals surface area contributed by atoms with E-state index in [1.165, 1.54) is 9.13 Å². The molecule has 10 nitrogen and oxygen atoms in total. The van der Waals surface area contributed by atoms with Crippen LogP contribution in [0.25, 0.3) is 16.7 Å². The van der Waals surface area contributed by atoms with Crippen molar-refractivity contribution >= 4 is 33.4 Å². The number of nitrogens with one attached hydrogen (secondary N) is 1. The summed E-state index contributed by atoms with van der Waals surface area (Å²) >= 11 is 0. The van der Waals surface area contributed by atoms with Crippen molar-refractivity contribution in [2.45, 2.75) is 56.7 Å². The van der Waals surface area contributed by atoms with Gasteiger partial charge in [0.2, 0.25) is 0 Å². The molecule has 2 fully saturated rings. The third-order valence-corrected chi connectivity index (χ3v) is 9.02. The molecule has 2 aliphatic rings. The normalized spacial score (nSPS) is 24.0. The van der Waals surface area contributed by atoms with Gasteiger partial charge in [0, 0.05) is 52.8 Å². The standard InChI is InChI=1S/C26H27FN6O4S/c27-16-13-20-23(28-14-16)32(19-8-11-38(37)12-9-19)26(36)33(25(20)35)18-6-4-17(5-7-18)29-24(34)21-15-31-10-2-1-3-22(31)30-21/h1-3,10,13-15,17-19H,4-9,11-12H2,(H,29,34). The molecular weight excluding hydrogens is 511 g/mol. The lowest BCUT2D eigenvalue weighted by Gasteiger charge is -2.31. The molecule has 1 saturated heterocycles. The maximum absolute atomic E-state index is 14.1.